The molecule has 2 aromatic carbocycles. The molecule has 0 spiro atoms. The molecule has 0 atom stereocenters. The molecule has 0 aliphatic heterocycles. The van der Waals surface area contributed by atoms with E-state index in [9.17, 15) is 8.42 Å². The second-order valence-corrected chi connectivity index (χ2v) is 7.34. The molecule has 0 fully saturated rings. The SMILES string of the molecule is CCS(=O)(=O)Nc1ccc(-c2cncc3ccccc23)c(OC)c1. The Kier molecular flexibility index (Phi) is 4.40. The van der Waals surface area contributed by atoms with E-state index in [1.165, 1.54) is 0 Å². The van der Waals surface area contributed by atoms with Crippen LogP contribution >= 0.6 is 0 Å². The van der Waals surface area contributed by atoms with Crippen LogP contribution in [0.25, 0.3) is 21.9 Å². The number of hydrogen-bond acceptors (Lipinski definition) is 4. The molecule has 1 aromatic heterocycles. The maximum Gasteiger partial charge on any atom is 0.232 e. The predicted octanol–water partition coefficient (Wildman–Crippen LogP) is 3.67. The van der Waals surface area contributed by atoms with E-state index >= 15 is 0 Å². The molecule has 124 valence electrons. The third-order valence-corrected chi connectivity index (χ3v) is 5.12. The molecule has 0 radical (unpaired) electrons. The molecule has 0 unspecified atom stereocenters. The Morgan fingerprint density at radius 1 is 1.08 bits per heavy atom. The first-order valence-electron chi connectivity index (χ1n) is 7.55. The normalized spacial score (nSPS) is 11.4. The number of nitrogens with zero attached hydrogens (tertiary/aromatic N) is 1. The van der Waals surface area contributed by atoms with Crippen molar-refractivity contribution in [2.24, 2.45) is 0 Å². The monoisotopic (exact) mass is 342 g/mol. The van der Waals surface area contributed by atoms with Gasteiger partial charge in [0, 0.05) is 35.0 Å². The first kappa shape index (κ1) is 16.3. The average molecular weight is 342 g/mol. The zero-order chi connectivity index (χ0) is 17.2. The van der Waals surface area contributed by atoms with Gasteiger partial charge in [0.15, 0.2) is 0 Å². The molecule has 1 N–H and O–H groups in total. The Balaban J connectivity index is 2.11. The summed E-state index contributed by atoms with van der Waals surface area (Å²) in [5.41, 5.74) is 2.28. The summed E-state index contributed by atoms with van der Waals surface area (Å²) < 4.78 is 31.5. The number of fused-ring (bicyclic) bond motifs is 1. The van der Waals surface area contributed by atoms with Gasteiger partial charge < -0.3 is 4.74 Å². The number of sulfonamides is 1. The maximum atomic E-state index is 11.7. The van der Waals surface area contributed by atoms with Crippen LogP contribution in [0.2, 0.25) is 0 Å². The van der Waals surface area contributed by atoms with Gasteiger partial charge in [-0.3, -0.25) is 9.71 Å². The molecular weight excluding hydrogens is 324 g/mol. The van der Waals surface area contributed by atoms with Crippen molar-refractivity contribution < 1.29 is 13.2 Å². The second kappa shape index (κ2) is 6.49. The molecule has 1 heterocycles. The van der Waals surface area contributed by atoms with Crippen molar-refractivity contribution in [1.29, 1.82) is 0 Å². The van der Waals surface area contributed by atoms with Gasteiger partial charge in [-0.2, -0.15) is 0 Å². The highest BCUT2D eigenvalue weighted by molar-refractivity contribution is 7.92. The second-order valence-electron chi connectivity index (χ2n) is 5.33. The number of nitrogens with one attached hydrogen (secondary N) is 1. The fraction of sp³-hybridized carbons (Fsp3) is 0.167. The highest BCUT2D eigenvalue weighted by atomic mass is 32.2. The van der Waals surface area contributed by atoms with Crippen LogP contribution < -0.4 is 9.46 Å². The number of aromatic nitrogens is 1. The fourth-order valence-corrected chi connectivity index (χ4v) is 3.19. The highest BCUT2D eigenvalue weighted by Crippen LogP contribution is 2.36. The lowest BCUT2D eigenvalue weighted by atomic mass is 10.00. The van der Waals surface area contributed by atoms with Crippen LogP contribution in [0.1, 0.15) is 6.92 Å². The number of anilines is 1. The van der Waals surface area contributed by atoms with E-state index < -0.39 is 10.0 Å². The van der Waals surface area contributed by atoms with Crippen molar-refractivity contribution in [3.63, 3.8) is 0 Å². The number of pyridine rings is 1. The number of methoxy groups -OCH3 is 1. The minimum atomic E-state index is -3.33. The van der Waals surface area contributed by atoms with Crippen LogP contribution in [0, 0.1) is 0 Å². The van der Waals surface area contributed by atoms with Gasteiger partial charge in [-0.25, -0.2) is 8.42 Å². The summed E-state index contributed by atoms with van der Waals surface area (Å²) in [5, 5.41) is 2.10. The summed E-state index contributed by atoms with van der Waals surface area (Å²) in [6, 6.07) is 13.2. The van der Waals surface area contributed by atoms with Crippen molar-refractivity contribution in [3.05, 3.63) is 54.9 Å². The van der Waals surface area contributed by atoms with Gasteiger partial charge in [0.25, 0.3) is 0 Å². The van der Waals surface area contributed by atoms with Gasteiger partial charge in [0.1, 0.15) is 5.75 Å². The summed E-state index contributed by atoms with van der Waals surface area (Å²) in [6.07, 6.45) is 3.60. The first-order chi connectivity index (χ1) is 11.5. The minimum absolute atomic E-state index is 0.0182. The molecule has 0 saturated heterocycles. The van der Waals surface area contributed by atoms with Gasteiger partial charge in [0.2, 0.25) is 10.0 Å². The maximum absolute atomic E-state index is 11.7. The van der Waals surface area contributed by atoms with Crippen LogP contribution in [0.5, 0.6) is 5.75 Å². The largest absolute Gasteiger partial charge is 0.496 e. The van der Waals surface area contributed by atoms with Crippen molar-refractivity contribution >= 4 is 26.5 Å². The molecule has 3 aromatic rings. The molecule has 5 nitrogen and oxygen atoms in total. The molecular formula is C18H18N2O3S. The number of hydrogen-bond donors (Lipinski definition) is 1. The summed E-state index contributed by atoms with van der Waals surface area (Å²) >= 11 is 0. The smallest absolute Gasteiger partial charge is 0.232 e. The quantitative estimate of drug-likeness (QED) is 0.768. The Bertz CT molecular complexity index is 979. The zero-order valence-electron chi connectivity index (χ0n) is 13.5. The molecule has 0 amide bonds. The fourth-order valence-electron chi connectivity index (χ4n) is 2.56. The Labute approximate surface area is 141 Å². The number of ether oxygens (including phenoxy) is 1. The van der Waals surface area contributed by atoms with Crippen LogP contribution in [-0.2, 0) is 10.0 Å². The lowest BCUT2D eigenvalue weighted by Crippen LogP contribution is -2.14. The third kappa shape index (κ3) is 3.19. The lowest BCUT2D eigenvalue weighted by molar-refractivity contribution is 0.416. The van der Waals surface area contributed by atoms with E-state index in [1.54, 1.807) is 32.4 Å². The van der Waals surface area contributed by atoms with E-state index in [0.29, 0.717) is 11.4 Å². The third-order valence-electron chi connectivity index (χ3n) is 3.81. The molecule has 0 aliphatic carbocycles. The summed E-state index contributed by atoms with van der Waals surface area (Å²) in [5.74, 6) is 0.606. The van der Waals surface area contributed by atoms with Gasteiger partial charge in [-0.1, -0.05) is 24.3 Å². The summed E-state index contributed by atoms with van der Waals surface area (Å²) in [7, 11) is -1.76. The molecule has 0 bridgehead atoms. The Hall–Kier alpha value is -2.60. The lowest BCUT2D eigenvalue weighted by Gasteiger charge is -2.13. The minimum Gasteiger partial charge on any atom is -0.496 e. The summed E-state index contributed by atoms with van der Waals surface area (Å²) in [6.45, 7) is 1.59. The van der Waals surface area contributed by atoms with Crippen molar-refractivity contribution in [1.82, 2.24) is 4.98 Å². The standard InChI is InChI=1S/C18H18N2O3S/c1-3-24(21,22)20-14-8-9-16(18(10-14)23-2)17-12-19-11-13-6-4-5-7-15(13)17/h4-12,20H,3H2,1-2H3. The topological polar surface area (TPSA) is 68.3 Å². The van der Waals surface area contributed by atoms with Gasteiger partial charge >= 0.3 is 0 Å². The molecule has 6 heteroatoms. The van der Waals surface area contributed by atoms with E-state index in [-0.39, 0.29) is 5.75 Å². The zero-order valence-corrected chi connectivity index (χ0v) is 14.3. The van der Waals surface area contributed by atoms with Crippen molar-refractivity contribution in [2.75, 3.05) is 17.6 Å². The Morgan fingerprint density at radius 2 is 1.88 bits per heavy atom. The van der Waals surface area contributed by atoms with E-state index in [0.717, 1.165) is 21.9 Å². The van der Waals surface area contributed by atoms with Crippen LogP contribution in [0.15, 0.2) is 54.9 Å². The molecule has 3 rings (SSSR count). The molecule has 24 heavy (non-hydrogen) atoms. The number of benzene rings is 2. The molecule has 0 aliphatic rings. The van der Waals surface area contributed by atoms with Crippen LogP contribution in [0.3, 0.4) is 0 Å². The predicted molar refractivity (Wildman–Crippen MR) is 96.8 cm³/mol. The van der Waals surface area contributed by atoms with Crippen molar-refractivity contribution in [3.8, 4) is 16.9 Å². The van der Waals surface area contributed by atoms with Crippen LogP contribution in [0.4, 0.5) is 5.69 Å². The number of rotatable bonds is 5. The van der Waals surface area contributed by atoms with E-state index in [2.05, 4.69) is 9.71 Å². The Morgan fingerprint density at radius 3 is 2.62 bits per heavy atom. The van der Waals surface area contributed by atoms with Crippen molar-refractivity contribution in [2.45, 2.75) is 6.92 Å². The summed E-state index contributed by atoms with van der Waals surface area (Å²) in [4.78, 5) is 4.29. The van der Waals surface area contributed by atoms with E-state index in [1.807, 2.05) is 36.5 Å². The first-order valence-corrected chi connectivity index (χ1v) is 9.21. The molecule has 0 saturated carbocycles. The van der Waals surface area contributed by atoms with Gasteiger partial charge in [0.05, 0.1) is 18.6 Å². The van der Waals surface area contributed by atoms with Gasteiger partial charge in [-0.05, 0) is 24.4 Å². The highest BCUT2D eigenvalue weighted by Gasteiger charge is 2.13. The van der Waals surface area contributed by atoms with Crippen LogP contribution in [-0.4, -0.2) is 26.3 Å². The van der Waals surface area contributed by atoms with Gasteiger partial charge in [-0.15, -0.1) is 0 Å². The average Bonchev–Trinajstić information content (AvgIpc) is 2.61. The van der Waals surface area contributed by atoms with E-state index in [4.69, 9.17) is 4.74 Å².